The molecule has 1 saturated carbocycles. The van der Waals surface area contributed by atoms with Crippen LogP contribution in [0, 0.1) is 0 Å². The molecule has 12 heteroatoms. The number of carbonyl (C=O) groups excluding carboxylic acids is 1. The van der Waals surface area contributed by atoms with Gasteiger partial charge in [-0.2, -0.15) is 30.6 Å². The number of benzene rings is 2. The minimum Gasteiger partial charge on any atom is -0.339 e. The van der Waals surface area contributed by atoms with Crippen LogP contribution in [0.5, 0.6) is 0 Å². The Morgan fingerprint density at radius 3 is 2.00 bits per heavy atom. The van der Waals surface area contributed by atoms with Crippen molar-refractivity contribution in [1.82, 2.24) is 9.21 Å². The summed E-state index contributed by atoms with van der Waals surface area (Å²) in [4.78, 5) is 13.6. The Bertz CT molecular complexity index is 1200. The number of alkyl halides is 6. The summed E-state index contributed by atoms with van der Waals surface area (Å²) in [7, 11) is -4.26. The van der Waals surface area contributed by atoms with Crippen molar-refractivity contribution in [3.05, 3.63) is 65.2 Å². The third-order valence-corrected chi connectivity index (χ3v) is 8.22. The van der Waals surface area contributed by atoms with Gasteiger partial charge in [-0.3, -0.25) is 4.79 Å². The molecular weight excluding hydrogens is 498 g/mol. The molecule has 2 aliphatic rings. The highest BCUT2D eigenvalue weighted by molar-refractivity contribution is 7.89. The Morgan fingerprint density at radius 2 is 1.43 bits per heavy atom. The molecule has 1 amide bonds. The fourth-order valence-electron chi connectivity index (χ4n) is 4.38. The second-order valence-electron chi connectivity index (χ2n) is 8.66. The molecule has 1 saturated heterocycles. The average Bonchev–Trinajstić information content (AvgIpc) is 3.63. The predicted octanol–water partition coefficient (Wildman–Crippen LogP) is 5.18. The van der Waals surface area contributed by atoms with Gasteiger partial charge in [0.15, 0.2) is 0 Å². The standard InChI is InChI=1S/C23H22F6N2O3S/c24-22(25,26)15-4-3-5-18(14-15)35(33,34)31(16-8-9-16)17-10-12-30(13-11-17)21(32)19-6-1-2-7-20(19)23(27,28)29/h1-7,14,16-17H,8-13H2. The van der Waals surface area contributed by atoms with E-state index < -0.39 is 55.9 Å². The molecule has 0 N–H and O–H groups in total. The van der Waals surface area contributed by atoms with Crippen LogP contribution in [0.15, 0.2) is 53.4 Å². The van der Waals surface area contributed by atoms with Crippen molar-refractivity contribution < 1.29 is 39.6 Å². The lowest BCUT2D eigenvalue weighted by atomic mass is 10.0. The molecule has 1 aliphatic heterocycles. The van der Waals surface area contributed by atoms with Gasteiger partial charge in [0.25, 0.3) is 5.91 Å². The molecule has 1 aliphatic carbocycles. The lowest BCUT2D eigenvalue weighted by Gasteiger charge is -2.38. The van der Waals surface area contributed by atoms with Crippen LogP contribution in [-0.4, -0.2) is 48.7 Å². The molecule has 4 rings (SSSR count). The lowest BCUT2D eigenvalue weighted by molar-refractivity contribution is -0.138. The summed E-state index contributed by atoms with van der Waals surface area (Å²) in [6, 6.07) is 7.09. The maximum absolute atomic E-state index is 13.3. The maximum Gasteiger partial charge on any atom is 0.417 e. The fraction of sp³-hybridized carbons (Fsp3) is 0.435. The van der Waals surface area contributed by atoms with Crippen LogP contribution in [0.4, 0.5) is 26.3 Å². The van der Waals surface area contributed by atoms with Gasteiger partial charge in [-0.05, 0) is 56.0 Å². The highest BCUT2D eigenvalue weighted by atomic mass is 32.2. The highest BCUT2D eigenvalue weighted by Crippen LogP contribution is 2.39. The molecule has 2 aromatic carbocycles. The van der Waals surface area contributed by atoms with E-state index in [1.807, 2.05) is 0 Å². The van der Waals surface area contributed by atoms with E-state index in [2.05, 4.69) is 0 Å². The monoisotopic (exact) mass is 520 g/mol. The van der Waals surface area contributed by atoms with Crippen LogP contribution in [-0.2, 0) is 22.4 Å². The molecule has 0 radical (unpaired) electrons. The Morgan fingerprint density at radius 1 is 0.829 bits per heavy atom. The van der Waals surface area contributed by atoms with E-state index in [1.54, 1.807) is 0 Å². The van der Waals surface area contributed by atoms with Gasteiger partial charge in [-0.1, -0.05) is 18.2 Å². The number of carbonyl (C=O) groups is 1. The minimum atomic E-state index is -4.70. The normalized spacial score (nSPS) is 18.2. The molecule has 0 spiro atoms. The van der Waals surface area contributed by atoms with E-state index in [1.165, 1.54) is 21.3 Å². The molecule has 2 aromatic rings. The van der Waals surface area contributed by atoms with Crippen molar-refractivity contribution in [1.29, 1.82) is 0 Å². The second-order valence-corrected chi connectivity index (χ2v) is 10.5. The molecule has 2 fully saturated rings. The number of piperidine rings is 1. The van der Waals surface area contributed by atoms with Crippen molar-refractivity contribution >= 4 is 15.9 Å². The Balaban J connectivity index is 1.53. The minimum absolute atomic E-state index is 0.0248. The SMILES string of the molecule is O=C(c1ccccc1C(F)(F)F)N1CCC(N(C2CC2)S(=O)(=O)c2cccc(C(F)(F)F)c2)CC1. The van der Waals surface area contributed by atoms with Gasteiger partial charge in [-0.15, -0.1) is 0 Å². The van der Waals surface area contributed by atoms with Crippen molar-refractivity contribution in [3.8, 4) is 0 Å². The number of halogens is 6. The summed E-state index contributed by atoms with van der Waals surface area (Å²) in [5.74, 6) is -0.796. The van der Waals surface area contributed by atoms with Crippen molar-refractivity contribution in [3.63, 3.8) is 0 Å². The number of nitrogens with zero attached hydrogens (tertiary/aromatic N) is 2. The van der Waals surface area contributed by atoms with E-state index in [0.717, 1.165) is 30.3 Å². The molecule has 1 heterocycles. The molecule has 0 atom stereocenters. The summed E-state index contributed by atoms with van der Waals surface area (Å²) in [6.45, 7) is 0.0496. The van der Waals surface area contributed by atoms with Crippen LogP contribution in [0.3, 0.4) is 0 Å². The molecule has 0 aromatic heterocycles. The first kappa shape index (κ1) is 25.5. The number of hydrogen-bond donors (Lipinski definition) is 0. The highest BCUT2D eigenvalue weighted by Gasteiger charge is 2.45. The van der Waals surface area contributed by atoms with Crippen LogP contribution >= 0.6 is 0 Å². The first-order valence-corrected chi connectivity index (χ1v) is 12.4. The van der Waals surface area contributed by atoms with Gasteiger partial charge < -0.3 is 4.90 Å². The smallest absolute Gasteiger partial charge is 0.339 e. The van der Waals surface area contributed by atoms with Crippen LogP contribution < -0.4 is 0 Å². The third kappa shape index (κ3) is 5.32. The molecule has 0 unspecified atom stereocenters. The zero-order valence-corrected chi connectivity index (χ0v) is 19.1. The largest absolute Gasteiger partial charge is 0.417 e. The molecular formula is C23H22F6N2O3S. The first-order chi connectivity index (χ1) is 16.3. The summed E-state index contributed by atoms with van der Waals surface area (Å²) < 4.78 is 107. The number of rotatable bonds is 5. The quantitative estimate of drug-likeness (QED) is 0.511. The lowest BCUT2D eigenvalue weighted by Crippen LogP contribution is -2.49. The molecule has 0 bridgehead atoms. The fourth-order valence-corrected chi connectivity index (χ4v) is 6.36. The van der Waals surface area contributed by atoms with Crippen LogP contribution in [0.2, 0.25) is 0 Å². The van der Waals surface area contributed by atoms with Gasteiger partial charge in [0.1, 0.15) is 0 Å². The Kier molecular flexibility index (Phi) is 6.64. The predicted molar refractivity (Wildman–Crippen MR) is 114 cm³/mol. The van der Waals surface area contributed by atoms with Crippen LogP contribution in [0.1, 0.15) is 47.2 Å². The molecule has 190 valence electrons. The second kappa shape index (κ2) is 9.12. The Labute approximate surface area is 198 Å². The van der Waals surface area contributed by atoms with E-state index in [4.69, 9.17) is 0 Å². The summed E-state index contributed by atoms with van der Waals surface area (Å²) >= 11 is 0. The van der Waals surface area contributed by atoms with E-state index in [-0.39, 0.29) is 32.0 Å². The third-order valence-electron chi connectivity index (χ3n) is 6.22. The summed E-state index contributed by atoms with van der Waals surface area (Å²) in [5, 5.41) is 0. The topological polar surface area (TPSA) is 57.7 Å². The van der Waals surface area contributed by atoms with Gasteiger partial charge in [0.05, 0.1) is 21.6 Å². The van der Waals surface area contributed by atoms with Crippen molar-refractivity contribution in [2.75, 3.05) is 13.1 Å². The van der Waals surface area contributed by atoms with Gasteiger partial charge in [0.2, 0.25) is 10.0 Å². The number of hydrogen-bond acceptors (Lipinski definition) is 3. The summed E-state index contributed by atoms with van der Waals surface area (Å²) in [5.41, 5.74) is -2.59. The zero-order valence-electron chi connectivity index (χ0n) is 18.3. The Hall–Kier alpha value is -2.60. The van der Waals surface area contributed by atoms with E-state index in [9.17, 15) is 39.6 Å². The van der Waals surface area contributed by atoms with Gasteiger partial charge >= 0.3 is 12.4 Å². The van der Waals surface area contributed by atoms with E-state index >= 15 is 0 Å². The number of likely N-dealkylation sites (tertiary alicyclic amines) is 1. The van der Waals surface area contributed by atoms with Crippen LogP contribution in [0.25, 0.3) is 0 Å². The van der Waals surface area contributed by atoms with Crippen molar-refractivity contribution in [2.45, 2.75) is 55.0 Å². The van der Waals surface area contributed by atoms with Gasteiger partial charge in [0, 0.05) is 25.2 Å². The maximum atomic E-state index is 13.3. The summed E-state index contributed by atoms with van der Waals surface area (Å²) in [6.07, 6.45) is -7.95. The van der Waals surface area contributed by atoms with Gasteiger partial charge in [-0.25, -0.2) is 8.42 Å². The average molecular weight is 520 g/mol. The number of amides is 1. The van der Waals surface area contributed by atoms with E-state index in [0.29, 0.717) is 18.9 Å². The molecule has 5 nitrogen and oxygen atoms in total. The zero-order chi connectivity index (χ0) is 25.6. The molecule has 35 heavy (non-hydrogen) atoms. The van der Waals surface area contributed by atoms with Crippen molar-refractivity contribution in [2.24, 2.45) is 0 Å². The first-order valence-electron chi connectivity index (χ1n) is 11.0. The number of sulfonamides is 1.